The monoisotopic (exact) mass is 360 g/mol. The Morgan fingerprint density at radius 2 is 1.96 bits per heavy atom. The van der Waals surface area contributed by atoms with Crippen LogP contribution < -0.4 is 5.32 Å². The van der Waals surface area contributed by atoms with E-state index in [-0.39, 0.29) is 0 Å². The molecule has 1 saturated heterocycles. The van der Waals surface area contributed by atoms with Crippen molar-refractivity contribution >= 4 is 16.9 Å². The van der Waals surface area contributed by atoms with Crippen LogP contribution in [0.25, 0.3) is 11.0 Å². The molecule has 0 spiro atoms. The van der Waals surface area contributed by atoms with Crippen LogP contribution in [-0.2, 0) is 20.1 Å². The van der Waals surface area contributed by atoms with E-state index < -0.39 is 0 Å². The average molecular weight is 360 g/mol. The van der Waals surface area contributed by atoms with Gasteiger partial charge in [0.05, 0.1) is 11.3 Å². The van der Waals surface area contributed by atoms with Crippen molar-refractivity contribution in [1.82, 2.24) is 19.7 Å². The lowest BCUT2D eigenvalue weighted by atomic mass is 10.1. The number of hydrogen-bond donors (Lipinski definition) is 1. The maximum Gasteiger partial charge on any atom is 0.160 e. The maximum atomic E-state index is 9.51. The van der Waals surface area contributed by atoms with Crippen LogP contribution in [0.2, 0.25) is 0 Å². The third-order valence-corrected chi connectivity index (χ3v) is 5.18. The quantitative estimate of drug-likeness (QED) is 0.755. The number of anilines is 1. The van der Waals surface area contributed by atoms with Gasteiger partial charge in [-0.2, -0.15) is 10.4 Å². The second-order valence-electron chi connectivity index (χ2n) is 7.23. The summed E-state index contributed by atoms with van der Waals surface area (Å²) in [5.74, 6) is 0.609. The highest BCUT2D eigenvalue weighted by molar-refractivity contribution is 5.82. The van der Waals surface area contributed by atoms with Crippen molar-refractivity contribution in [3.05, 3.63) is 52.7 Å². The van der Waals surface area contributed by atoms with Crippen LogP contribution in [0.15, 0.2) is 30.3 Å². The second-order valence-corrected chi connectivity index (χ2v) is 7.23. The highest BCUT2D eigenvalue weighted by Gasteiger charge is 2.13. The summed E-state index contributed by atoms with van der Waals surface area (Å²) in [6.07, 6.45) is 2.61. The number of benzene rings is 1. The molecule has 0 radical (unpaired) electrons. The van der Waals surface area contributed by atoms with Gasteiger partial charge < -0.3 is 5.32 Å². The third kappa shape index (κ3) is 3.64. The molecule has 6 nitrogen and oxygen atoms in total. The second kappa shape index (κ2) is 7.37. The first-order chi connectivity index (χ1) is 13.1. The Kier molecular flexibility index (Phi) is 4.78. The summed E-state index contributed by atoms with van der Waals surface area (Å²) in [6, 6.07) is 12.8. The van der Waals surface area contributed by atoms with E-state index in [1.165, 1.54) is 37.1 Å². The molecule has 138 valence electrons. The lowest BCUT2D eigenvalue weighted by Gasteiger charge is -2.15. The van der Waals surface area contributed by atoms with Crippen molar-refractivity contribution < 1.29 is 0 Å². The molecule has 1 aliphatic heterocycles. The molecule has 1 aromatic carbocycles. The number of aryl methyl sites for hydroxylation is 2. The van der Waals surface area contributed by atoms with Crippen molar-refractivity contribution in [2.45, 2.75) is 32.9 Å². The smallest absolute Gasteiger partial charge is 0.160 e. The fourth-order valence-electron chi connectivity index (χ4n) is 3.79. The molecule has 0 atom stereocenters. The summed E-state index contributed by atoms with van der Waals surface area (Å²) in [7, 11) is 1.87. The maximum absolute atomic E-state index is 9.51. The number of likely N-dealkylation sites (tertiary alicyclic amines) is 1. The summed E-state index contributed by atoms with van der Waals surface area (Å²) >= 11 is 0. The van der Waals surface area contributed by atoms with Crippen LogP contribution in [0.1, 0.15) is 35.2 Å². The summed E-state index contributed by atoms with van der Waals surface area (Å²) in [6.45, 7) is 5.97. The molecule has 1 N–H and O–H groups in total. The molecular formula is C21H24N6. The Labute approximate surface area is 159 Å². The fourth-order valence-corrected chi connectivity index (χ4v) is 3.79. The van der Waals surface area contributed by atoms with Crippen LogP contribution in [-0.4, -0.2) is 32.8 Å². The van der Waals surface area contributed by atoms with Gasteiger partial charge in [-0.1, -0.05) is 24.3 Å². The van der Waals surface area contributed by atoms with Gasteiger partial charge in [-0.15, -0.1) is 0 Å². The van der Waals surface area contributed by atoms with Gasteiger partial charge in [0.2, 0.25) is 0 Å². The highest BCUT2D eigenvalue weighted by atomic mass is 15.3. The molecule has 27 heavy (non-hydrogen) atoms. The molecule has 0 saturated carbocycles. The van der Waals surface area contributed by atoms with Crippen molar-refractivity contribution in [2.24, 2.45) is 7.05 Å². The van der Waals surface area contributed by atoms with E-state index >= 15 is 0 Å². The normalized spacial score (nSPS) is 14.6. The molecular weight excluding hydrogens is 336 g/mol. The minimum absolute atomic E-state index is 0.548. The minimum atomic E-state index is 0.548. The molecule has 4 rings (SSSR count). The zero-order valence-corrected chi connectivity index (χ0v) is 15.9. The number of rotatable bonds is 5. The topological polar surface area (TPSA) is 69.8 Å². The molecule has 2 aromatic heterocycles. The summed E-state index contributed by atoms with van der Waals surface area (Å²) in [4.78, 5) is 7.15. The number of nitrogens with one attached hydrogen (secondary N) is 1. The van der Waals surface area contributed by atoms with E-state index in [1.807, 2.05) is 20.0 Å². The van der Waals surface area contributed by atoms with Crippen LogP contribution >= 0.6 is 0 Å². The predicted octanol–water partition coefficient (Wildman–Crippen LogP) is 3.36. The zero-order chi connectivity index (χ0) is 18.8. The molecule has 0 unspecified atom stereocenters. The number of aromatic nitrogens is 3. The Hall–Kier alpha value is -2.91. The molecule has 0 amide bonds. The lowest BCUT2D eigenvalue weighted by molar-refractivity contribution is 0.331. The van der Waals surface area contributed by atoms with Gasteiger partial charge >= 0.3 is 0 Å². The van der Waals surface area contributed by atoms with E-state index in [9.17, 15) is 5.26 Å². The third-order valence-electron chi connectivity index (χ3n) is 5.18. The average Bonchev–Trinajstić information content (AvgIpc) is 3.27. The zero-order valence-electron chi connectivity index (χ0n) is 15.9. The molecule has 0 aliphatic carbocycles. The van der Waals surface area contributed by atoms with Gasteiger partial charge in [0.25, 0.3) is 0 Å². The summed E-state index contributed by atoms with van der Waals surface area (Å²) in [5.41, 5.74) is 4.75. The van der Waals surface area contributed by atoms with Gasteiger partial charge in [-0.25, -0.2) is 4.98 Å². The van der Waals surface area contributed by atoms with Crippen molar-refractivity contribution in [2.75, 3.05) is 18.4 Å². The van der Waals surface area contributed by atoms with Crippen molar-refractivity contribution in [3.63, 3.8) is 0 Å². The Balaban J connectivity index is 1.53. The largest absolute Gasteiger partial charge is 0.365 e. The SMILES string of the molecule is Cc1nn(C)c2nc(NCc3cccc(CN4CCCC4)c3)c(C#N)cc12. The van der Waals surface area contributed by atoms with Crippen LogP contribution in [0, 0.1) is 18.3 Å². The van der Waals surface area contributed by atoms with Gasteiger partial charge in [0.1, 0.15) is 11.9 Å². The number of hydrogen-bond acceptors (Lipinski definition) is 5. The molecule has 1 fully saturated rings. The summed E-state index contributed by atoms with van der Waals surface area (Å²) < 4.78 is 1.76. The minimum Gasteiger partial charge on any atom is -0.365 e. The number of nitrogens with zero attached hydrogens (tertiary/aromatic N) is 5. The van der Waals surface area contributed by atoms with Gasteiger partial charge in [-0.3, -0.25) is 9.58 Å². The van der Waals surface area contributed by atoms with Crippen molar-refractivity contribution in [1.29, 1.82) is 5.26 Å². The van der Waals surface area contributed by atoms with Gasteiger partial charge in [-0.05, 0) is 50.0 Å². The molecule has 3 aromatic rings. The van der Waals surface area contributed by atoms with Crippen LogP contribution in [0.3, 0.4) is 0 Å². The Morgan fingerprint density at radius 1 is 1.19 bits per heavy atom. The summed E-state index contributed by atoms with van der Waals surface area (Å²) in [5, 5.41) is 18.2. The first kappa shape index (κ1) is 17.5. The Bertz CT molecular complexity index is 1010. The highest BCUT2D eigenvalue weighted by Crippen LogP contribution is 2.23. The molecule has 1 aliphatic rings. The number of pyridine rings is 1. The first-order valence-corrected chi connectivity index (χ1v) is 9.42. The molecule has 3 heterocycles. The standard InChI is InChI=1S/C21H24N6/c1-15-19-11-18(12-22)20(24-21(19)26(2)25-15)23-13-16-6-5-7-17(10-16)14-27-8-3-4-9-27/h5-7,10-11H,3-4,8-9,13-14H2,1-2H3,(H,23,24). The van der Waals surface area contributed by atoms with E-state index in [4.69, 9.17) is 0 Å². The number of fused-ring (bicyclic) bond motifs is 1. The molecule has 6 heteroatoms. The molecule has 0 bridgehead atoms. The first-order valence-electron chi connectivity index (χ1n) is 9.42. The lowest BCUT2D eigenvalue weighted by Crippen LogP contribution is -2.18. The van der Waals surface area contributed by atoms with Gasteiger partial charge in [0.15, 0.2) is 5.65 Å². The predicted molar refractivity (Wildman–Crippen MR) is 106 cm³/mol. The van der Waals surface area contributed by atoms with Gasteiger partial charge in [0, 0.05) is 25.5 Å². The van der Waals surface area contributed by atoms with E-state index in [0.29, 0.717) is 17.9 Å². The van der Waals surface area contributed by atoms with Crippen molar-refractivity contribution in [3.8, 4) is 6.07 Å². The Morgan fingerprint density at radius 3 is 2.74 bits per heavy atom. The van der Waals surface area contributed by atoms with E-state index in [0.717, 1.165) is 23.3 Å². The van der Waals surface area contributed by atoms with E-state index in [1.54, 1.807) is 4.68 Å². The van der Waals surface area contributed by atoms with E-state index in [2.05, 4.69) is 50.6 Å². The number of nitriles is 1. The fraction of sp³-hybridized carbons (Fsp3) is 0.381. The van der Waals surface area contributed by atoms with Crippen LogP contribution in [0.4, 0.5) is 5.82 Å². The van der Waals surface area contributed by atoms with Crippen LogP contribution in [0.5, 0.6) is 0 Å².